The topological polar surface area (TPSA) is 120 Å². The number of nitriles is 2. The van der Waals surface area contributed by atoms with Crippen LogP contribution in [0, 0.1) is 32.8 Å². The van der Waals surface area contributed by atoms with Crippen molar-refractivity contribution >= 4 is 17.5 Å². The highest BCUT2D eigenvalue weighted by atomic mass is 16.6. The average molecular weight is 214 g/mol. The number of nitrogens with zero attached hydrogens (tertiary/aromatic N) is 4. The molecule has 0 radical (unpaired) electrons. The summed E-state index contributed by atoms with van der Waals surface area (Å²) in [5, 5.41) is 27.9. The van der Waals surface area contributed by atoms with Crippen LogP contribution < -0.4 is 0 Å². The molecule has 0 aromatic heterocycles. The van der Waals surface area contributed by atoms with Crippen molar-refractivity contribution in [1.29, 1.82) is 10.5 Å². The van der Waals surface area contributed by atoms with E-state index in [1.807, 2.05) is 0 Å². The minimum Gasteiger partial charge on any atom is -0.258 e. The van der Waals surface area contributed by atoms with Crippen molar-refractivity contribution in [2.24, 2.45) is 4.99 Å². The van der Waals surface area contributed by atoms with Gasteiger partial charge in [-0.1, -0.05) is 0 Å². The molecule has 0 amide bonds. The van der Waals surface area contributed by atoms with Gasteiger partial charge < -0.3 is 0 Å². The molecule has 0 unspecified atom stereocenters. The number of hydrogen-bond donors (Lipinski definition) is 0. The van der Waals surface area contributed by atoms with Gasteiger partial charge >= 0.3 is 0 Å². The van der Waals surface area contributed by atoms with Crippen molar-refractivity contribution in [3.05, 3.63) is 33.4 Å². The highest BCUT2D eigenvalue weighted by Gasteiger charge is 2.17. The Labute approximate surface area is 89.0 Å². The average Bonchev–Trinajstić information content (AvgIpc) is 2.28. The summed E-state index contributed by atoms with van der Waals surface area (Å²) in [6, 6.07) is 5.22. The molecule has 0 saturated heterocycles. The molecule has 0 fully saturated rings. The SMILES string of the molecule is N#Cc1cc(N=C=O)c([N+](=O)[O-])cc1C#N. The lowest BCUT2D eigenvalue weighted by Gasteiger charge is -1.98. The molecular formula is C9H2N4O3. The summed E-state index contributed by atoms with van der Waals surface area (Å²) in [6.07, 6.45) is 1.15. The van der Waals surface area contributed by atoms with Gasteiger partial charge in [-0.15, -0.1) is 0 Å². The molecule has 0 heterocycles. The highest BCUT2D eigenvalue weighted by molar-refractivity contribution is 5.68. The lowest BCUT2D eigenvalue weighted by atomic mass is 10.1. The van der Waals surface area contributed by atoms with Crippen LogP contribution in [0.4, 0.5) is 11.4 Å². The van der Waals surface area contributed by atoms with Crippen LogP contribution in [0.3, 0.4) is 0 Å². The normalized spacial score (nSPS) is 8.38. The van der Waals surface area contributed by atoms with Gasteiger partial charge in [-0.3, -0.25) is 10.1 Å². The van der Waals surface area contributed by atoms with E-state index in [2.05, 4.69) is 4.99 Å². The lowest BCUT2D eigenvalue weighted by molar-refractivity contribution is -0.384. The van der Waals surface area contributed by atoms with Gasteiger partial charge in [0.05, 0.1) is 16.1 Å². The summed E-state index contributed by atoms with van der Waals surface area (Å²) >= 11 is 0. The lowest BCUT2D eigenvalue weighted by Crippen LogP contribution is -1.92. The summed E-state index contributed by atoms with van der Waals surface area (Å²) in [6.45, 7) is 0. The fraction of sp³-hybridized carbons (Fsp3) is 0. The molecule has 1 aromatic carbocycles. The maximum absolute atomic E-state index is 10.6. The zero-order valence-corrected chi connectivity index (χ0v) is 7.67. The van der Waals surface area contributed by atoms with Gasteiger partial charge in [0.1, 0.15) is 12.1 Å². The minimum atomic E-state index is -0.793. The van der Waals surface area contributed by atoms with Gasteiger partial charge in [-0.25, -0.2) is 4.79 Å². The maximum Gasteiger partial charge on any atom is 0.297 e. The molecule has 0 aliphatic heterocycles. The monoisotopic (exact) mass is 214 g/mol. The van der Waals surface area contributed by atoms with E-state index in [9.17, 15) is 14.9 Å². The van der Waals surface area contributed by atoms with Crippen molar-refractivity contribution < 1.29 is 9.72 Å². The maximum atomic E-state index is 10.6. The molecule has 16 heavy (non-hydrogen) atoms. The van der Waals surface area contributed by atoms with E-state index in [1.165, 1.54) is 0 Å². The minimum absolute atomic E-state index is 0.0814. The highest BCUT2D eigenvalue weighted by Crippen LogP contribution is 2.29. The molecule has 0 aliphatic rings. The molecule has 0 spiro atoms. The van der Waals surface area contributed by atoms with Crippen LogP contribution in [-0.2, 0) is 4.79 Å². The van der Waals surface area contributed by atoms with Crippen molar-refractivity contribution in [3.8, 4) is 12.1 Å². The molecule has 1 rings (SSSR count). The summed E-state index contributed by atoms with van der Waals surface area (Å²) in [5.74, 6) is 0. The molecular weight excluding hydrogens is 212 g/mol. The largest absolute Gasteiger partial charge is 0.297 e. The van der Waals surface area contributed by atoms with E-state index >= 15 is 0 Å². The van der Waals surface area contributed by atoms with Crippen LogP contribution in [0.25, 0.3) is 0 Å². The van der Waals surface area contributed by atoms with E-state index in [1.54, 1.807) is 12.1 Å². The number of hydrogen-bond acceptors (Lipinski definition) is 6. The summed E-state index contributed by atoms with van der Waals surface area (Å²) in [5.41, 5.74) is -1.03. The summed E-state index contributed by atoms with van der Waals surface area (Å²) < 4.78 is 0. The molecule has 7 heteroatoms. The summed E-state index contributed by atoms with van der Waals surface area (Å²) in [7, 11) is 0. The van der Waals surface area contributed by atoms with Crippen LogP contribution in [0.2, 0.25) is 0 Å². The number of nitro groups is 1. The van der Waals surface area contributed by atoms with Crippen molar-refractivity contribution in [2.45, 2.75) is 0 Å². The van der Waals surface area contributed by atoms with Crippen LogP contribution in [0.5, 0.6) is 0 Å². The Balaban J connectivity index is 3.63. The van der Waals surface area contributed by atoms with Crippen LogP contribution in [0.1, 0.15) is 11.1 Å². The number of isocyanates is 1. The van der Waals surface area contributed by atoms with E-state index in [4.69, 9.17) is 10.5 Å². The zero-order chi connectivity index (χ0) is 12.1. The molecule has 0 saturated carbocycles. The molecule has 0 atom stereocenters. The van der Waals surface area contributed by atoms with Gasteiger partial charge in [0, 0.05) is 6.07 Å². The fourth-order valence-electron chi connectivity index (χ4n) is 1.05. The first-order chi connectivity index (χ1) is 7.63. The summed E-state index contributed by atoms with van der Waals surface area (Å²) in [4.78, 5) is 22.9. The molecule has 7 nitrogen and oxygen atoms in total. The quantitative estimate of drug-likeness (QED) is 0.318. The Hall–Kier alpha value is -3.02. The first kappa shape index (κ1) is 11.1. The number of nitro benzene ring substituents is 1. The van der Waals surface area contributed by atoms with Crippen molar-refractivity contribution in [2.75, 3.05) is 0 Å². The number of aliphatic imine (C=N–C) groups is 1. The Bertz CT molecular complexity index is 549. The Morgan fingerprint density at radius 2 is 1.81 bits per heavy atom. The Morgan fingerprint density at radius 1 is 1.25 bits per heavy atom. The van der Waals surface area contributed by atoms with E-state index in [0.717, 1.165) is 18.2 Å². The fourth-order valence-corrected chi connectivity index (χ4v) is 1.05. The van der Waals surface area contributed by atoms with Crippen LogP contribution >= 0.6 is 0 Å². The van der Waals surface area contributed by atoms with Crippen molar-refractivity contribution in [3.63, 3.8) is 0 Å². The number of rotatable bonds is 2. The van der Waals surface area contributed by atoms with Gasteiger partial charge in [0.25, 0.3) is 5.69 Å². The molecule has 0 N–H and O–H groups in total. The predicted molar refractivity (Wildman–Crippen MR) is 50.3 cm³/mol. The predicted octanol–water partition coefficient (Wildman–Crippen LogP) is 1.31. The second-order valence-corrected chi connectivity index (χ2v) is 2.57. The molecule has 0 aliphatic carbocycles. The van der Waals surface area contributed by atoms with Crippen LogP contribution in [0.15, 0.2) is 17.1 Å². The van der Waals surface area contributed by atoms with E-state index in [-0.39, 0.29) is 16.8 Å². The first-order valence-electron chi connectivity index (χ1n) is 3.84. The molecule has 1 aromatic rings. The standard InChI is InChI=1S/C9H2N4O3/c10-3-6-1-8(12-5-14)9(13(15)16)2-7(6)4-11/h1-2H. The zero-order valence-electron chi connectivity index (χ0n) is 7.67. The van der Waals surface area contributed by atoms with Gasteiger partial charge in [-0.05, 0) is 6.07 Å². The Morgan fingerprint density at radius 3 is 2.25 bits per heavy atom. The molecule has 76 valence electrons. The third-order valence-corrected chi connectivity index (χ3v) is 1.72. The second kappa shape index (κ2) is 4.47. The molecule has 0 bridgehead atoms. The van der Waals surface area contributed by atoms with Crippen molar-refractivity contribution in [1.82, 2.24) is 0 Å². The first-order valence-corrected chi connectivity index (χ1v) is 3.84. The third kappa shape index (κ3) is 1.90. The van der Waals surface area contributed by atoms with E-state index < -0.39 is 10.6 Å². The van der Waals surface area contributed by atoms with Gasteiger partial charge in [-0.2, -0.15) is 15.5 Å². The number of benzene rings is 1. The van der Waals surface area contributed by atoms with Gasteiger partial charge in [0.2, 0.25) is 6.08 Å². The number of carbonyl (C=O) groups excluding carboxylic acids is 1. The van der Waals surface area contributed by atoms with Gasteiger partial charge in [0.15, 0.2) is 5.69 Å². The van der Waals surface area contributed by atoms with E-state index in [0.29, 0.717) is 0 Å². The third-order valence-electron chi connectivity index (χ3n) is 1.72. The van der Waals surface area contributed by atoms with Crippen LogP contribution in [-0.4, -0.2) is 11.0 Å². The smallest absolute Gasteiger partial charge is 0.258 e. The Kier molecular flexibility index (Phi) is 3.09. The second-order valence-electron chi connectivity index (χ2n) is 2.57.